The molecule has 3 heteroatoms. The van der Waals surface area contributed by atoms with Gasteiger partial charge >= 0.3 is 72.7 Å². The van der Waals surface area contributed by atoms with Crippen LogP contribution in [0.4, 0.5) is 0 Å². The van der Waals surface area contributed by atoms with E-state index in [0.29, 0.717) is 0 Å². The zero-order chi connectivity index (χ0) is 7.98. The standard InChI is InChI=1S/C5H12NO.2CH3.In/c1-6(2)4-3-5-7;;;/h3-5H2,1-2H3;2*1H3;/q-1;;;+1. The number of hydrogen-bond acceptors (Lipinski definition) is 2. The summed E-state index contributed by atoms with van der Waals surface area (Å²) < 4.78 is 10.1. The van der Waals surface area contributed by atoms with Gasteiger partial charge in [-0.3, -0.25) is 0 Å². The van der Waals surface area contributed by atoms with Gasteiger partial charge in [-0.25, -0.2) is 0 Å². The van der Waals surface area contributed by atoms with E-state index >= 15 is 0 Å². The Labute approximate surface area is 72.7 Å². The Hall–Kier alpha value is 0.790. The van der Waals surface area contributed by atoms with E-state index in [4.69, 9.17) is 2.85 Å². The Morgan fingerprint density at radius 1 is 1.30 bits per heavy atom. The van der Waals surface area contributed by atoms with Gasteiger partial charge in [0, 0.05) is 0 Å². The number of hydrogen-bond donors (Lipinski definition) is 0. The minimum absolute atomic E-state index is 0.978. The van der Waals surface area contributed by atoms with E-state index < -0.39 is 21.9 Å². The molecule has 0 radical (unpaired) electrons. The Morgan fingerprint density at radius 2 is 1.90 bits per heavy atom. The molecule has 0 spiro atoms. The Kier molecular flexibility index (Phi) is 7.01. The topological polar surface area (TPSA) is 12.5 Å². The Morgan fingerprint density at radius 3 is 2.30 bits per heavy atom. The van der Waals surface area contributed by atoms with Crippen LogP contribution >= 0.6 is 0 Å². The minimum atomic E-state index is -1.33. The first-order valence-corrected chi connectivity index (χ1v) is 11.8. The fourth-order valence-corrected chi connectivity index (χ4v) is 2.52. The van der Waals surface area contributed by atoms with Crippen molar-refractivity contribution < 1.29 is 2.85 Å². The average Bonchev–Trinajstić information content (AvgIpc) is 1.79. The molecule has 0 aromatic carbocycles. The van der Waals surface area contributed by atoms with Gasteiger partial charge in [0.1, 0.15) is 0 Å². The molecule has 0 aliphatic carbocycles. The Bertz CT molecular complexity index is 66.0. The fraction of sp³-hybridized carbons (Fsp3) is 1.00. The zero-order valence-corrected chi connectivity index (χ0v) is 10.8. The van der Waals surface area contributed by atoms with Gasteiger partial charge in [0.05, 0.1) is 0 Å². The van der Waals surface area contributed by atoms with Gasteiger partial charge in [-0.2, -0.15) is 0 Å². The number of rotatable bonds is 5. The van der Waals surface area contributed by atoms with Crippen molar-refractivity contribution in [2.75, 3.05) is 27.2 Å². The van der Waals surface area contributed by atoms with Crippen molar-refractivity contribution in [2.45, 2.75) is 15.8 Å². The van der Waals surface area contributed by atoms with Crippen LogP contribution in [-0.2, 0) is 2.85 Å². The maximum atomic E-state index is 5.58. The van der Waals surface area contributed by atoms with E-state index in [2.05, 4.69) is 28.4 Å². The van der Waals surface area contributed by atoms with Gasteiger partial charge in [0.25, 0.3) is 0 Å². The van der Waals surface area contributed by atoms with Crippen molar-refractivity contribution in [1.82, 2.24) is 4.90 Å². The van der Waals surface area contributed by atoms with Crippen molar-refractivity contribution in [3.63, 3.8) is 0 Å². The summed E-state index contributed by atoms with van der Waals surface area (Å²) in [5, 5.41) is 0. The summed E-state index contributed by atoms with van der Waals surface area (Å²) in [5.74, 6) is 0. The van der Waals surface area contributed by atoms with Crippen LogP contribution in [0.2, 0.25) is 9.36 Å². The third-order valence-electron chi connectivity index (χ3n) is 1.20. The second-order valence-corrected chi connectivity index (χ2v) is 10.0. The van der Waals surface area contributed by atoms with Gasteiger partial charge in [-0.15, -0.1) is 0 Å². The molecule has 10 heavy (non-hydrogen) atoms. The molecule has 0 aromatic heterocycles. The fourth-order valence-electron chi connectivity index (χ4n) is 0.700. The van der Waals surface area contributed by atoms with Crippen molar-refractivity contribution in [3.05, 3.63) is 0 Å². The van der Waals surface area contributed by atoms with Crippen molar-refractivity contribution >= 4 is 21.9 Å². The Balaban J connectivity index is 2.91. The molecule has 0 aliphatic heterocycles. The van der Waals surface area contributed by atoms with E-state index in [1.54, 1.807) is 0 Å². The van der Waals surface area contributed by atoms with Crippen LogP contribution in [0.1, 0.15) is 6.42 Å². The summed E-state index contributed by atoms with van der Waals surface area (Å²) in [5.41, 5.74) is 0. The average molecular weight is 247 g/mol. The number of nitrogens with zero attached hydrogens (tertiary/aromatic N) is 1. The quantitative estimate of drug-likeness (QED) is 0.677. The summed E-state index contributed by atoms with van der Waals surface area (Å²) in [4.78, 5) is 2.19. The van der Waals surface area contributed by atoms with Crippen LogP contribution in [0.5, 0.6) is 0 Å². The second kappa shape index (κ2) is 6.50. The molecule has 0 amide bonds. The van der Waals surface area contributed by atoms with Crippen LogP contribution in [-0.4, -0.2) is 54.0 Å². The van der Waals surface area contributed by atoms with Gasteiger partial charge in [-0.05, 0) is 0 Å². The molecule has 0 bridgehead atoms. The zero-order valence-electron chi connectivity index (χ0n) is 7.55. The van der Waals surface area contributed by atoms with Gasteiger partial charge < -0.3 is 0 Å². The molecule has 0 aromatic rings. The molecular weight excluding hydrogens is 229 g/mol. The summed E-state index contributed by atoms with van der Waals surface area (Å²) in [6.45, 7) is 2.13. The van der Waals surface area contributed by atoms with Crippen LogP contribution in [0.25, 0.3) is 0 Å². The molecule has 0 atom stereocenters. The molecule has 0 rings (SSSR count). The normalized spacial score (nSPS) is 10.5. The second-order valence-electron chi connectivity index (χ2n) is 3.08. The first-order valence-electron chi connectivity index (χ1n) is 3.89. The predicted molar refractivity (Wildman–Crippen MR) is 46.6 cm³/mol. The summed E-state index contributed by atoms with van der Waals surface area (Å²) >= 11 is -1.33. The van der Waals surface area contributed by atoms with Crippen molar-refractivity contribution in [3.8, 4) is 0 Å². The third-order valence-corrected chi connectivity index (χ3v) is 3.78. The van der Waals surface area contributed by atoms with Crippen molar-refractivity contribution in [2.24, 2.45) is 0 Å². The molecular formula is C7H18InNO. The molecule has 0 aliphatic rings. The summed E-state index contributed by atoms with van der Waals surface area (Å²) in [7, 11) is 4.19. The van der Waals surface area contributed by atoms with E-state index in [1.807, 2.05) is 0 Å². The summed E-state index contributed by atoms with van der Waals surface area (Å²) in [6, 6.07) is 0. The van der Waals surface area contributed by atoms with Crippen molar-refractivity contribution in [1.29, 1.82) is 0 Å². The van der Waals surface area contributed by atoms with Crippen LogP contribution < -0.4 is 0 Å². The van der Waals surface area contributed by atoms with E-state index in [9.17, 15) is 0 Å². The van der Waals surface area contributed by atoms with Crippen LogP contribution in [0.3, 0.4) is 0 Å². The van der Waals surface area contributed by atoms with Crippen LogP contribution in [0.15, 0.2) is 0 Å². The SMILES string of the molecule is CN(C)CCC[O][In]([CH3])[CH3]. The third kappa shape index (κ3) is 8.79. The van der Waals surface area contributed by atoms with Crippen LogP contribution in [0, 0.1) is 0 Å². The first kappa shape index (κ1) is 10.8. The molecule has 0 fully saturated rings. The molecule has 60 valence electrons. The summed E-state index contributed by atoms with van der Waals surface area (Å²) in [6.07, 6.45) is 1.18. The molecule has 0 unspecified atom stereocenters. The molecule has 0 saturated carbocycles. The van der Waals surface area contributed by atoms with E-state index in [-0.39, 0.29) is 0 Å². The monoisotopic (exact) mass is 247 g/mol. The predicted octanol–water partition coefficient (Wildman–Crippen LogP) is 1.21. The van der Waals surface area contributed by atoms with E-state index in [1.165, 1.54) is 6.42 Å². The molecule has 0 heterocycles. The van der Waals surface area contributed by atoms with Gasteiger partial charge in [0.15, 0.2) is 0 Å². The maximum absolute atomic E-state index is 5.58. The van der Waals surface area contributed by atoms with Gasteiger partial charge in [-0.1, -0.05) is 0 Å². The molecule has 0 N–H and O–H groups in total. The first-order chi connectivity index (χ1) is 4.63. The van der Waals surface area contributed by atoms with E-state index in [0.717, 1.165) is 13.2 Å². The van der Waals surface area contributed by atoms with Gasteiger partial charge in [0.2, 0.25) is 0 Å². The molecule has 0 saturated heterocycles. The molecule has 2 nitrogen and oxygen atoms in total.